The summed E-state index contributed by atoms with van der Waals surface area (Å²) in [6.07, 6.45) is 46.6. The lowest BCUT2D eigenvalue weighted by Crippen LogP contribution is -1.95. The van der Waals surface area contributed by atoms with Gasteiger partial charge in [0.25, 0.3) is 0 Å². The molecular formula is C36H73. The van der Waals surface area contributed by atoms with Crippen LogP contribution in [0.2, 0.25) is 0 Å². The Morgan fingerprint density at radius 1 is 0.333 bits per heavy atom. The van der Waals surface area contributed by atoms with Crippen molar-refractivity contribution in [2.75, 3.05) is 0 Å². The van der Waals surface area contributed by atoms with Crippen LogP contribution in [0, 0.1) is 12.8 Å². The first-order valence-electron chi connectivity index (χ1n) is 17.6. The van der Waals surface area contributed by atoms with E-state index in [1.54, 1.807) is 0 Å². The zero-order chi connectivity index (χ0) is 26.2. The van der Waals surface area contributed by atoms with Gasteiger partial charge in [-0.2, -0.15) is 0 Å². The normalized spacial score (nSPS) is 12.4. The first-order valence-corrected chi connectivity index (χ1v) is 17.6. The molecule has 0 aliphatic heterocycles. The number of hydrogen-bond donors (Lipinski definition) is 0. The van der Waals surface area contributed by atoms with Crippen LogP contribution in [-0.4, -0.2) is 0 Å². The van der Waals surface area contributed by atoms with E-state index in [1.165, 1.54) is 199 Å². The minimum absolute atomic E-state index is 0.964. The Hall–Kier alpha value is 0. The standard InChI is InChI=1S/C36H73/c1-4-6-8-10-12-14-16-18-20-21-23-25-27-29-31-33-35-36(3)34-32-30-28-26-24-22-19-17-15-13-11-9-7-5-2/h36H,1,4-35H2,2-3H3. The summed E-state index contributed by atoms with van der Waals surface area (Å²) in [4.78, 5) is 0. The Morgan fingerprint density at radius 3 is 0.806 bits per heavy atom. The van der Waals surface area contributed by atoms with E-state index < -0.39 is 0 Å². The Kier molecular flexibility index (Phi) is 33.0. The summed E-state index contributed by atoms with van der Waals surface area (Å²) < 4.78 is 0. The van der Waals surface area contributed by atoms with Crippen molar-refractivity contribution in [1.82, 2.24) is 0 Å². The summed E-state index contributed by atoms with van der Waals surface area (Å²) in [5, 5.41) is 0. The molecule has 0 saturated carbocycles. The van der Waals surface area contributed by atoms with E-state index in [1.807, 2.05) is 0 Å². The molecule has 0 spiro atoms. The van der Waals surface area contributed by atoms with Gasteiger partial charge in [0.2, 0.25) is 0 Å². The fourth-order valence-corrected chi connectivity index (χ4v) is 5.80. The van der Waals surface area contributed by atoms with Crippen LogP contribution in [0.15, 0.2) is 0 Å². The Morgan fingerprint density at radius 2 is 0.556 bits per heavy atom. The van der Waals surface area contributed by atoms with Crippen LogP contribution in [0.25, 0.3) is 0 Å². The predicted octanol–water partition coefficient (Wildman–Crippen LogP) is 14.0. The average Bonchev–Trinajstić information content (AvgIpc) is 2.88. The maximum absolute atomic E-state index is 3.93. The highest BCUT2D eigenvalue weighted by Crippen LogP contribution is 2.19. The van der Waals surface area contributed by atoms with Crippen molar-refractivity contribution in [2.24, 2.45) is 5.92 Å². The van der Waals surface area contributed by atoms with Gasteiger partial charge in [0.1, 0.15) is 0 Å². The zero-order valence-electron chi connectivity index (χ0n) is 25.9. The van der Waals surface area contributed by atoms with Crippen molar-refractivity contribution in [2.45, 2.75) is 219 Å². The van der Waals surface area contributed by atoms with Crippen molar-refractivity contribution < 1.29 is 0 Å². The SMILES string of the molecule is [CH2]CCCCCCCCCCCCCCCCCC(C)CCCCCCCCCCCCCCCC. The fourth-order valence-electron chi connectivity index (χ4n) is 5.80. The van der Waals surface area contributed by atoms with Gasteiger partial charge < -0.3 is 0 Å². The molecule has 0 heterocycles. The number of unbranched alkanes of at least 4 members (excludes halogenated alkanes) is 28. The van der Waals surface area contributed by atoms with Crippen LogP contribution >= 0.6 is 0 Å². The molecule has 0 N–H and O–H groups in total. The van der Waals surface area contributed by atoms with Gasteiger partial charge in [-0.3, -0.25) is 0 Å². The lowest BCUT2D eigenvalue weighted by molar-refractivity contribution is 0.429. The van der Waals surface area contributed by atoms with Crippen LogP contribution < -0.4 is 0 Å². The van der Waals surface area contributed by atoms with Crippen LogP contribution in [0.3, 0.4) is 0 Å². The third kappa shape index (κ3) is 32.0. The molecule has 0 aliphatic carbocycles. The lowest BCUT2D eigenvalue weighted by atomic mass is 9.95. The third-order valence-corrected chi connectivity index (χ3v) is 8.50. The minimum Gasteiger partial charge on any atom is -0.0654 e. The van der Waals surface area contributed by atoms with E-state index >= 15 is 0 Å². The zero-order valence-corrected chi connectivity index (χ0v) is 25.9. The summed E-state index contributed by atoms with van der Waals surface area (Å²) in [7, 11) is 0. The quantitative estimate of drug-likeness (QED) is 0.0797. The first kappa shape index (κ1) is 36.0. The number of rotatable bonds is 32. The molecule has 0 aliphatic rings. The summed E-state index contributed by atoms with van der Waals surface area (Å²) in [5.41, 5.74) is 0. The van der Waals surface area contributed by atoms with Gasteiger partial charge in [0.15, 0.2) is 0 Å². The highest BCUT2D eigenvalue weighted by molar-refractivity contribution is 4.57. The van der Waals surface area contributed by atoms with Gasteiger partial charge in [-0.15, -0.1) is 0 Å². The molecule has 0 amide bonds. The molecule has 0 nitrogen and oxygen atoms in total. The maximum atomic E-state index is 3.93. The van der Waals surface area contributed by atoms with Crippen molar-refractivity contribution in [3.63, 3.8) is 0 Å². The van der Waals surface area contributed by atoms with Crippen molar-refractivity contribution in [1.29, 1.82) is 0 Å². The molecule has 0 aromatic rings. The molecule has 0 heteroatoms. The van der Waals surface area contributed by atoms with Crippen LogP contribution in [0.1, 0.15) is 219 Å². The fraction of sp³-hybridized carbons (Fsp3) is 0.972. The molecule has 217 valence electrons. The average molecular weight is 506 g/mol. The van der Waals surface area contributed by atoms with E-state index in [-0.39, 0.29) is 0 Å². The molecule has 36 heavy (non-hydrogen) atoms. The molecule has 0 aromatic heterocycles. The largest absolute Gasteiger partial charge is 0.0654 e. The van der Waals surface area contributed by atoms with Crippen molar-refractivity contribution in [3.8, 4) is 0 Å². The molecular weight excluding hydrogens is 432 g/mol. The third-order valence-electron chi connectivity index (χ3n) is 8.50. The van der Waals surface area contributed by atoms with Crippen LogP contribution in [0.4, 0.5) is 0 Å². The van der Waals surface area contributed by atoms with Gasteiger partial charge in [0.05, 0.1) is 0 Å². The summed E-state index contributed by atoms with van der Waals surface area (Å²) in [5.74, 6) is 0.964. The second-order valence-corrected chi connectivity index (χ2v) is 12.4. The predicted molar refractivity (Wildman–Crippen MR) is 168 cm³/mol. The summed E-state index contributed by atoms with van der Waals surface area (Å²) >= 11 is 0. The second-order valence-electron chi connectivity index (χ2n) is 12.4. The van der Waals surface area contributed by atoms with Gasteiger partial charge in [-0.25, -0.2) is 0 Å². The molecule has 1 atom stereocenters. The van der Waals surface area contributed by atoms with E-state index in [2.05, 4.69) is 20.8 Å². The second kappa shape index (κ2) is 33.0. The summed E-state index contributed by atoms with van der Waals surface area (Å²) in [6.45, 7) is 8.74. The highest BCUT2D eigenvalue weighted by Gasteiger charge is 2.02. The molecule has 0 rings (SSSR count). The minimum atomic E-state index is 0.964. The first-order chi connectivity index (χ1) is 17.8. The molecule has 0 saturated heterocycles. The van der Waals surface area contributed by atoms with Crippen molar-refractivity contribution in [3.05, 3.63) is 6.92 Å². The molecule has 0 fully saturated rings. The molecule has 0 bridgehead atoms. The lowest BCUT2D eigenvalue weighted by Gasteiger charge is -2.11. The van der Waals surface area contributed by atoms with Crippen molar-refractivity contribution >= 4 is 0 Å². The van der Waals surface area contributed by atoms with E-state index in [4.69, 9.17) is 0 Å². The van der Waals surface area contributed by atoms with Gasteiger partial charge >= 0.3 is 0 Å². The molecule has 0 aromatic carbocycles. The topological polar surface area (TPSA) is 0 Å². The Labute approximate surface area is 232 Å². The van der Waals surface area contributed by atoms with Gasteiger partial charge in [-0.1, -0.05) is 226 Å². The van der Waals surface area contributed by atoms with Crippen LogP contribution in [0.5, 0.6) is 0 Å². The van der Waals surface area contributed by atoms with E-state index in [0.717, 1.165) is 12.3 Å². The smallest absolute Gasteiger partial charge is 0.0443 e. The Bertz CT molecular complexity index is 359. The van der Waals surface area contributed by atoms with Gasteiger partial charge in [0, 0.05) is 0 Å². The Balaban J connectivity index is 3.13. The monoisotopic (exact) mass is 506 g/mol. The van der Waals surface area contributed by atoms with Crippen LogP contribution in [-0.2, 0) is 0 Å². The van der Waals surface area contributed by atoms with E-state index in [0.29, 0.717) is 0 Å². The molecule has 1 unspecified atom stereocenters. The van der Waals surface area contributed by atoms with Gasteiger partial charge in [-0.05, 0) is 5.92 Å². The van der Waals surface area contributed by atoms with E-state index in [9.17, 15) is 0 Å². The number of hydrogen-bond acceptors (Lipinski definition) is 0. The summed E-state index contributed by atoms with van der Waals surface area (Å²) in [6, 6.07) is 0. The molecule has 1 radical (unpaired) electrons. The highest BCUT2D eigenvalue weighted by atomic mass is 14.1. The maximum Gasteiger partial charge on any atom is -0.0443 e.